The van der Waals surface area contributed by atoms with Gasteiger partial charge in [-0.2, -0.15) is 0 Å². The number of fused-ring (bicyclic) bond motifs is 2. The van der Waals surface area contributed by atoms with Crippen molar-refractivity contribution in [2.75, 3.05) is 27.2 Å². The molecule has 0 bridgehead atoms. The molecular formula is C29H36N4O2. The summed E-state index contributed by atoms with van der Waals surface area (Å²) in [6.07, 6.45) is 18.6. The number of nitrogens with zero attached hydrogens (tertiary/aromatic N) is 3. The molecule has 0 aromatic carbocycles. The third-order valence-corrected chi connectivity index (χ3v) is 8.78. The molecular weight excluding hydrogens is 436 g/mol. The molecule has 0 saturated heterocycles. The quantitative estimate of drug-likeness (QED) is 0.525. The van der Waals surface area contributed by atoms with E-state index in [9.17, 15) is 4.79 Å². The number of allylic oxidation sites excluding steroid dienone is 1. The zero-order valence-electron chi connectivity index (χ0n) is 20.9. The zero-order chi connectivity index (χ0) is 23.9. The molecule has 0 amide bonds. The summed E-state index contributed by atoms with van der Waals surface area (Å²) >= 11 is 0. The highest BCUT2D eigenvalue weighted by Gasteiger charge is 2.39. The van der Waals surface area contributed by atoms with Gasteiger partial charge in [0.25, 0.3) is 0 Å². The molecule has 0 radical (unpaired) electrons. The normalized spacial score (nSPS) is 30.1. The third-order valence-electron chi connectivity index (χ3n) is 8.78. The molecule has 1 aromatic heterocycles. The van der Waals surface area contributed by atoms with E-state index >= 15 is 0 Å². The Kier molecular flexibility index (Phi) is 6.01. The number of carbonyl (C=O) groups is 1. The Balaban J connectivity index is 1.15. The van der Waals surface area contributed by atoms with Gasteiger partial charge in [0.2, 0.25) is 0 Å². The van der Waals surface area contributed by atoms with Crippen LogP contribution in [0.5, 0.6) is 0 Å². The fourth-order valence-electron chi connectivity index (χ4n) is 6.80. The smallest absolute Gasteiger partial charge is 0.305 e. The van der Waals surface area contributed by atoms with Crippen molar-refractivity contribution in [2.24, 2.45) is 5.92 Å². The lowest BCUT2D eigenvalue weighted by Gasteiger charge is -2.41. The lowest BCUT2D eigenvalue weighted by Crippen LogP contribution is -2.46. The lowest BCUT2D eigenvalue weighted by molar-refractivity contribution is -0.142. The molecule has 1 saturated carbocycles. The molecule has 1 aromatic rings. The minimum absolute atomic E-state index is 0.0604. The number of rotatable bonds is 4. The first-order valence-electron chi connectivity index (χ1n) is 13.2. The van der Waals surface area contributed by atoms with Crippen LogP contribution in [-0.2, 0) is 9.53 Å². The Bertz CT molecular complexity index is 1130. The van der Waals surface area contributed by atoms with Crippen LogP contribution in [0.3, 0.4) is 0 Å². The van der Waals surface area contributed by atoms with E-state index in [2.05, 4.69) is 52.7 Å². The first kappa shape index (κ1) is 22.6. The van der Waals surface area contributed by atoms with Gasteiger partial charge in [-0.1, -0.05) is 24.3 Å². The number of likely N-dealkylation sites (N-methyl/N-ethyl adjacent to an activating group) is 1. The molecule has 5 aliphatic rings. The molecule has 4 heterocycles. The minimum atomic E-state index is -0.0604. The van der Waals surface area contributed by atoms with Gasteiger partial charge in [0.15, 0.2) is 0 Å². The van der Waals surface area contributed by atoms with E-state index < -0.39 is 0 Å². The van der Waals surface area contributed by atoms with E-state index in [1.54, 1.807) is 5.57 Å². The van der Waals surface area contributed by atoms with Crippen molar-refractivity contribution in [1.29, 1.82) is 0 Å². The number of ether oxygens (including phenoxy) is 1. The molecule has 3 aliphatic heterocycles. The Hall–Kier alpha value is -2.86. The number of hydrogen-bond acceptors (Lipinski definition) is 6. The van der Waals surface area contributed by atoms with Crippen LogP contribution in [0.25, 0.3) is 11.8 Å². The van der Waals surface area contributed by atoms with Gasteiger partial charge in [-0.25, -0.2) is 0 Å². The van der Waals surface area contributed by atoms with Crippen LogP contribution >= 0.6 is 0 Å². The second-order valence-corrected chi connectivity index (χ2v) is 10.7. The molecule has 35 heavy (non-hydrogen) atoms. The van der Waals surface area contributed by atoms with E-state index in [0.29, 0.717) is 30.5 Å². The van der Waals surface area contributed by atoms with Crippen LogP contribution in [0.2, 0.25) is 0 Å². The second-order valence-electron chi connectivity index (χ2n) is 10.7. The molecule has 6 rings (SSSR count). The van der Waals surface area contributed by atoms with Gasteiger partial charge in [0.1, 0.15) is 0 Å². The molecule has 0 spiro atoms. The SMILES string of the molecule is COC(=O)CC1CCC(N2CC=C(C3CC4C5=C(N3)c3ncccc3C=CC5=CN4C)CC2)CC1. The topological polar surface area (TPSA) is 57.7 Å². The Morgan fingerprint density at radius 1 is 1.23 bits per heavy atom. The van der Waals surface area contributed by atoms with Gasteiger partial charge in [-0.3, -0.25) is 14.7 Å². The van der Waals surface area contributed by atoms with E-state index in [-0.39, 0.29) is 5.97 Å². The van der Waals surface area contributed by atoms with Crippen molar-refractivity contribution in [3.63, 3.8) is 0 Å². The summed E-state index contributed by atoms with van der Waals surface area (Å²) in [5.74, 6) is 0.436. The molecule has 184 valence electrons. The summed E-state index contributed by atoms with van der Waals surface area (Å²) in [5, 5.41) is 3.95. The number of esters is 1. The van der Waals surface area contributed by atoms with Crippen molar-refractivity contribution in [3.8, 4) is 0 Å². The maximum atomic E-state index is 11.6. The van der Waals surface area contributed by atoms with Gasteiger partial charge < -0.3 is 15.0 Å². The van der Waals surface area contributed by atoms with Crippen LogP contribution < -0.4 is 5.32 Å². The van der Waals surface area contributed by atoms with Crippen LogP contribution in [0.15, 0.2) is 53.4 Å². The monoisotopic (exact) mass is 472 g/mol. The summed E-state index contributed by atoms with van der Waals surface area (Å²) in [7, 11) is 3.70. The summed E-state index contributed by atoms with van der Waals surface area (Å²) in [4.78, 5) is 21.5. The van der Waals surface area contributed by atoms with E-state index in [0.717, 1.165) is 44.5 Å². The fraction of sp³-hybridized carbons (Fsp3) is 0.517. The van der Waals surface area contributed by atoms with Crippen molar-refractivity contribution in [1.82, 2.24) is 20.1 Å². The Labute approximate surface area is 208 Å². The predicted molar refractivity (Wildman–Crippen MR) is 138 cm³/mol. The van der Waals surface area contributed by atoms with Gasteiger partial charge >= 0.3 is 5.97 Å². The average Bonchev–Trinajstić information content (AvgIpc) is 3.13. The van der Waals surface area contributed by atoms with E-state index in [1.165, 1.54) is 42.4 Å². The lowest BCUT2D eigenvalue weighted by atomic mass is 9.82. The maximum absolute atomic E-state index is 11.6. The number of aromatic nitrogens is 1. The number of nitrogens with one attached hydrogen (secondary N) is 1. The number of hydrogen-bond donors (Lipinski definition) is 1. The number of methoxy groups -OCH3 is 1. The standard InChI is InChI=1S/C29H36N4O2/c1-32-18-22-8-7-21-4-3-13-30-28(21)29-27(22)25(32)17-24(31-29)20-11-14-33(15-12-20)23-9-5-19(6-10-23)16-26(34)35-2/h3-4,7-8,11,13,18-19,23-25,31H,5-6,9-10,12,14-17H2,1-2H3. The van der Waals surface area contributed by atoms with Crippen LogP contribution in [0, 0.1) is 5.92 Å². The van der Waals surface area contributed by atoms with E-state index in [1.807, 2.05) is 12.3 Å². The first-order chi connectivity index (χ1) is 17.1. The zero-order valence-corrected chi connectivity index (χ0v) is 20.9. The minimum Gasteiger partial charge on any atom is -0.469 e. The Morgan fingerprint density at radius 2 is 2.09 bits per heavy atom. The van der Waals surface area contributed by atoms with Crippen molar-refractivity contribution < 1.29 is 9.53 Å². The largest absolute Gasteiger partial charge is 0.469 e. The second kappa shape index (κ2) is 9.30. The van der Waals surface area contributed by atoms with Gasteiger partial charge in [-0.15, -0.1) is 0 Å². The summed E-state index contributed by atoms with van der Waals surface area (Å²) < 4.78 is 4.87. The molecule has 2 atom stereocenters. The molecule has 6 nitrogen and oxygen atoms in total. The van der Waals surface area contributed by atoms with E-state index in [4.69, 9.17) is 9.72 Å². The predicted octanol–water partition coefficient (Wildman–Crippen LogP) is 4.13. The van der Waals surface area contributed by atoms with Crippen molar-refractivity contribution >= 4 is 17.7 Å². The molecule has 2 aliphatic carbocycles. The van der Waals surface area contributed by atoms with Crippen LogP contribution in [0.1, 0.15) is 56.2 Å². The van der Waals surface area contributed by atoms with Gasteiger partial charge in [0, 0.05) is 62.2 Å². The van der Waals surface area contributed by atoms with Crippen LogP contribution in [-0.4, -0.2) is 66.1 Å². The average molecular weight is 473 g/mol. The molecule has 1 N–H and O–H groups in total. The third kappa shape index (κ3) is 4.22. The summed E-state index contributed by atoms with van der Waals surface area (Å²) in [6, 6.07) is 5.57. The van der Waals surface area contributed by atoms with Crippen molar-refractivity contribution in [3.05, 3.63) is 64.7 Å². The number of carbonyl (C=O) groups excluding carboxylic acids is 1. The van der Waals surface area contributed by atoms with Gasteiger partial charge in [0.05, 0.1) is 24.5 Å². The Morgan fingerprint density at radius 3 is 2.86 bits per heavy atom. The highest BCUT2D eigenvalue weighted by molar-refractivity contribution is 5.83. The first-order valence-corrected chi connectivity index (χ1v) is 13.2. The summed E-state index contributed by atoms with van der Waals surface area (Å²) in [6.45, 7) is 2.16. The molecule has 6 heteroatoms. The maximum Gasteiger partial charge on any atom is 0.305 e. The highest BCUT2D eigenvalue weighted by atomic mass is 16.5. The number of pyridine rings is 1. The highest BCUT2D eigenvalue weighted by Crippen LogP contribution is 2.42. The molecule has 2 unspecified atom stereocenters. The van der Waals surface area contributed by atoms with Crippen molar-refractivity contribution in [2.45, 2.75) is 63.1 Å². The summed E-state index contributed by atoms with van der Waals surface area (Å²) in [5.41, 5.74) is 7.74. The van der Waals surface area contributed by atoms with Crippen LogP contribution in [0.4, 0.5) is 0 Å². The molecule has 1 fully saturated rings. The van der Waals surface area contributed by atoms with Gasteiger partial charge in [-0.05, 0) is 61.7 Å². The fourth-order valence-corrected chi connectivity index (χ4v) is 6.80.